The highest BCUT2D eigenvalue weighted by Gasteiger charge is 2.47. The minimum Gasteiger partial charge on any atom is -0.507 e. The Balaban J connectivity index is 1.97. The van der Waals surface area contributed by atoms with Gasteiger partial charge in [-0.25, -0.2) is 0 Å². The molecule has 1 saturated heterocycles. The lowest BCUT2D eigenvalue weighted by molar-refractivity contribution is -0.132. The molecular weight excluding hydrogens is 521 g/mol. The normalized spacial score (nSPS) is 16.6. The molecule has 1 heterocycles. The van der Waals surface area contributed by atoms with Crippen LogP contribution in [0.5, 0.6) is 17.2 Å². The van der Waals surface area contributed by atoms with Crippen molar-refractivity contribution in [1.82, 2.24) is 0 Å². The number of amides is 1. The van der Waals surface area contributed by atoms with E-state index in [0.717, 1.165) is 0 Å². The summed E-state index contributed by atoms with van der Waals surface area (Å²) >= 11 is 12.4. The largest absolute Gasteiger partial charge is 0.507 e. The Labute approximate surface area is 222 Å². The molecule has 1 atom stereocenters. The highest BCUT2D eigenvalue weighted by molar-refractivity contribution is 6.52. The second-order valence-electron chi connectivity index (χ2n) is 8.00. The standard InChI is InChI=1S/C27H21Cl2NO7/c1-14(31)37-18-9-7-15(8-10-18)23-22(24(32)20-11-16(28)12-21(29)26(20)36-3)25(33)27(34)30(23)17-5-4-6-19(13-17)35-2/h4-13,23,32H,1-3H3/b24-22+. The first-order valence-corrected chi connectivity index (χ1v) is 11.7. The minimum absolute atomic E-state index is 0.0465. The molecule has 1 N–H and O–H groups in total. The summed E-state index contributed by atoms with van der Waals surface area (Å²) in [4.78, 5) is 39.4. The highest BCUT2D eigenvalue weighted by atomic mass is 35.5. The highest BCUT2D eigenvalue weighted by Crippen LogP contribution is 2.45. The third-order valence-corrected chi connectivity index (χ3v) is 6.20. The van der Waals surface area contributed by atoms with Crippen LogP contribution in [0.3, 0.4) is 0 Å². The number of hydrogen-bond acceptors (Lipinski definition) is 7. The maximum atomic E-state index is 13.4. The molecule has 0 saturated carbocycles. The molecule has 0 radical (unpaired) electrons. The van der Waals surface area contributed by atoms with E-state index < -0.39 is 29.5 Å². The van der Waals surface area contributed by atoms with Crippen molar-refractivity contribution in [2.75, 3.05) is 19.1 Å². The number of rotatable bonds is 6. The molecule has 1 unspecified atom stereocenters. The number of carbonyl (C=O) groups is 3. The van der Waals surface area contributed by atoms with Crippen molar-refractivity contribution < 1.29 is 33.7 Å². The molecule has 10 heteroatoms. The summed E-state index contributed by atoms with van der Waals surface area (Å²) < 4.78 is 15.7. The molecule has 1 amide bonds. The van der Waals surface area contributed by atoms with Gasteiger partial charge in [-0.3, -0.25) is 19.3 Å². The number of ether oxygens (including phenoxy) is 3. The van der Waals surface area contributed by atoms with Crippen molar-refractivity contribution in [3.05, 3.63) is 87.4 Å². The molecule has 8 nitrogen and oxygen atoms in total. The fourth-order valence-corrected chi connectivity index (χ4v) is 4.72. The summed E-state index contributed by atoms with van der Waals surface area (Å²) in [6.07, 6.45) is 0. The lowest BCUT2D eigenvalue weighted by atomic mass is 9.94. The number of benzene rings is 3. The van der Waals surface area contributed by atoms with Gasteiger partial charge in [0.25, 0.3) is 11.7 Å². The van der Waals surface area contributed by atoms with E-state index in [0.29, 0.717) is 17.0 Å². The van der Waals surface area contributed by atoms with Crippen LogP contribution in [0.1, 0.15) is 24.1 Å². The van der Waals surface area contributed by atoms with Gasteiger partial charge in [0.2, 0.25) is 0 Å². The molecule has 1 aliphatic rings. The second kappa shape index (κ2) is 10.5. The van der Waals surface area contributed by atoms with Gasteiger partial charge in [0, 0.05) is 23.7 Å². The Morgan fingerprint density at radius 2 is 1.65 bits per heavy atom. The first kappa shape index (κ1) is 26.1. The smallest absolute Gasteiger partial charge is 0.308 e. The molecule has 0 spiro atoms. The zero-order valence-corrected chi connectivity index (χ0v) is 21.5. The van der Waals surface area contributed by atoms with Crippen LogP contribution >= 0.6 is 23.2 Å². The van der Waals surface area contributed by atoms with Crippen LogP contribution < -0.4 is 19.1 Å². The predicted octanol–water partition coefficient (Wildman–Crippen LogP) is 5.56. The van der Waals surface area contributed by atoms with Crippen LogP contribution in [0.25, 0.3) is 5.76 Å². The number of Topliss-reactive ketones (excluding diaryl/α,β-unsaturated/α-hetero) is 1. The third-order valence-electron chi connectivity index (χ3n) is 5.70. The van der Waals surface area contributed by atoms with E-state index in [1.54, 1.807) is 36.4 Å². The molecule has 3 aromatic rings. The van der Waals surface area contributed by atoms with E-state index in [1.165, 1.54) is 50.3 Å². The second-order valence-corrected chi connectivity index (χ2v) is 8.85. The van der Waals surface area contributed by atoms with Gasteiger partial charge in [0.05, 0.1) is 36.4 Å². The van der Waals surface area contributed by atoms with Gasteiger partial charge in [-0.15, -0.1) is 0 Å². The summed E-state index contributed by atoms with van der Waals surface area (Å²) in [6, 6.07) is 14.6. The minimum atomic E-state index is -1.05. The zero-order chi connectivity index (χ0) is 26.9. The van der Waals surface area contributed by atoms with Crippen LogP contribution in [-0.4, -0.2) is 37.0 Å². The Morgan fingerprint density at radius 1 is 0.946 bits per heavy atom. The van der Waals surface area contributed by atoms with E-state index >= 15 is 0 Å². The van der Waals surface area contributed by atoms with Crippen LogP contribution in [-0.2, 0) is 14.4 Å². The predicted molar refractivity (Wildman–Crippen MR) is 139 cm³/mol. The Kier molecular flexibility index (Phi) is 7.42. The molecule has 190 valence electrons. The maximum Gasteiger partial charge on any atom is 0.308 e. The molecule has 0 aliphatic carbocycles. The Morgan fingerprint density at radius 3 is 2.27 bits per heavy atom. The maximum absolute atomic E-state index is 13.4. The molecular formula is C27H21Cl2NO7. The van der Waals surface area contributed by atoms with Crippen LogP contribution in [0.15, 0.2) is 66.2 Å². The topological polar surface area (TPSA) is 102 Å². The van der Waals surface area contributed by atoms with E-state index in [-0.39, 0.29) is 32.7 Å². The van der Waals surface area contributed by atoms with Crippen molar-refractivity contribution in [3.8, 4) is 17.2 Å². The number of halogens is 2. The number of ketones is 1. The van der Waals surface area contributed by atoms with Crippen LogP contribution in [0.2, 0.25) is 10.0 Å². The number of hydrogen-bond donors (Lipinski definition) is 1. The van der Waals surface area contributed by atoms with E-state index in [9.17, 15) is 19.5 Å². The summed E-state index contributed by atoms with van der Waals surface area (Å²) in [5, 5.41) is 11.7. The van der Waals surface area contributed by atoms with E-state index in [4.69, 9.17) is 37.4 Å². The molecule has 0 aromatic heterocycles. The van der Waals surface area contributed by atoms with Crippen LogP contribution in [0, 0.1) is 0 Å². The Hall–Kier alpha value is -4.01. The fourth-order valence-electron chi connectivity index (χ4n) is 4.15. The average Bonchev–Trinajstić information content (AvgIpc) is 3.13. The van der Waals surface area contributed by atoms with Crippen molar-refractivity contribution in [3.63, 3.8) is 0 Å². The first-order chi connectivity index (χ1) is 17.7. The number of anilines is 1. The quantitative estimate of drug-likeness (QED) is 0.143. The van der Waals surface area contributed by atoms with Crippen LogP contribution in [0.4, 0.5) is 5.69 Å². The summed E-state index contributed by atoms with van der Waals surface area (Å²) in [7, 11) is 2.83. The lowest BCUT2D eigenvalue weighted by Gasteiger charge is -2.26. The molecule has 0 bridgehead atoms. The third kappa shape index (κ3) is 4.98. The lowest BCUT2D eigenvalue weighted by Crippen LogP contribution is -2.29. The zero-order valence-electron chi connectivity index (χ0n) is 20.0. The van der Waals surface area contributed by atoms with Crippen molar-refractivity contribution in [2.45, 2.75) is 13.0 Å². The number of methoxy groups -OCH3 is 2. The number of esters is 1. The van der Waals surface area contributed by atoms with Gasteiger partial charge in [-0.2, -0.15) is 0 Å². The number of carbonyl (C=O) groups excluding carboxylic acids is 3. The summed E-state index contributed by atoms with van der Waals surface area (Å²) in [6.45, 7) is 1.27. The van der Waals surface area contributed by atoms with Crippen molar-refractivity contribution in [1.29, 1.82) is 0 Å². The van der Waals surface area contributed by atoms with Crippen molar-refractivity contribution in [2.24, 2.45) is 0 Å². The molecule has 1 fully saturated rings. The number of aliphatic hydroxyl groups excluding tert-OH is 1. The van der Waals surface area contributed by atoms with Gasteiger partial charge in [0.15, 0.2) is 0 Å². The first-order valence-electron chi connectivity index (χ1n) is 10.9. The van der Waals surface area contributed by atoms with Gasteiger partial charge in [-0.05, 0) is 42.0 Å². The monoisotopic (exact) mass is 541 g/mol. The number of nitrogens with zero attached hydrogens (tertiary/aromatic N) is 1. The molecule has 1 aliphatic heterocycles. The van der Waals surface area contributed by atoms with E-state index in [2.05, 4.69) is 0 Å². The summed E-state index contributed by atoms with van der Waals surface area (Å²) in [5.74, 6) is -1.98. The Bertz CT molecular complexity index is 1430. The van der Waals surface area contributed by atoms with Gasteiger partial charge in [-0.1, -0.05) is 41.4 Å². The molecule has 37 heavy (non-hydrogen) atoms. The van der Waals surface area contributed by atoms with Gasteiger partial charge < -0.3 is 19.3 Å². The number of aliphatic hydroxyl groups is 1. The SMILES string of the molecule is COc1cccc(N2C(=O)C(=O)/C(=C(/O)c3cc(Cl)cc(Cl)c3OC)C2c2ccc(OC(C)=O)cc2)c1. The molecule has 4 rings (SSSR count). The fraction of sp³-hybridized carbons (Fsp3) is 0.148. The molecule has 3 aromatic carbocycles. The van der Waals surface area contributed by atoms with Gasteiger partial charge in [0.1, 0.15) is 23.0 Å². The van der Waals surface area contributed by atoms with E-state index in [1.807, 2.05) is 0 Å². The van der Waals surface area contributed by atoms with Gasteiger partial charge >= 0.3 is 5.97 Å². The average molecular weight is 542 g/mol. The van der Waals surface area contributed by atoms with Crippen molar-refractivity contribution >= 4 is 52.3 Å². The summed E-state index contributed by atoms with van der Waals surface area (Å²) in [5.41, 5.74) is 0.673.